The molecule has 0 saturated carbocycles. The fourth-order valence-electron chi connectivity index (χ4n) is 3.62. The summed E-state index contributed by atoms with van der Waals surface area (Å²) in [6.45, 7) is 6.96. The highest BCUT2D eigenvalue weighted by Gasteiger charge is 2.23. The van der Waals surface area contributed by atoms with Crippen molar-refractivity contribution >= 4 is 5.65 Å². The summed E-state index contributed by atoms with van der Waals surface area (Å²) < 4.78 is 1.51. The Labute approximate surface area is 146 Å². The molecule has 1 saturated heterocycles. The number of hydrogen-bond donors (Lipinski definition) is 1. The zero-order chi connectivity index (χ0) is 17.4. The van der Waals surface area contributed by atoms with Crippen LogP contribution in [0, 0.1) is 13.8 Å². The maximum atomic E-state index is 12.3. The van der Waals surface area contributed by atoms with Gasteiger partial charge >= 0.3 is 0 Å². The molecule has 1 fully saturated rings. The van der Waals surface area contributed by atoms with Crippen molar-refractivity contribution in [2.45, 2.75) is 39.2 Å². The van der Waals surface area contributed by atoms with E-state index in [1.807, 2.05) is 25.3 Å². The number of rotatable bonds is 3. The molecule has 3 aromatic rings. The minimum Gasteiger partial charge on any atom is -0.297 e. The van der Waals surface area contributed by atoms with Gasteiger partial charge in [-0.25, -0.2) is 9.50 Å². The van der Waals surface area contributed by atoms with E-state index in [4.69, 9.17) is 4.98 Å². The third kappa shape index (κ3) is 3.22. The van der Waals surface area contributed by atoms with Gasteiger partial charge in [-0.15, -0.1) is 0 Å². The molecule has 0 unspecified atom stereocenters. The Morgan fingerprint density at radius 2 is 2.04 bits per heavy atom. The van der Waals surface area contributed by atoms with E-state index >= 15 is 0 Å². The quantitative estimate of drug-likeness (QED) is 0.797. The molecule has 0 aliphatic carbocycles. The first-order valence-corrected chi connectivity index (χ1v) is 8.82. The fraction of sp³-hybridized carbons (Fsp3) is 0.421. The normalized spacial score (nSPS) is 16.6. The number of aromatic amines is 1. The highest BCUT2D eigenvalue weighted by Crippen LogP contribution is 2.27. The van der Waals surface area contributed by atoms with Crippen molar-refractivity contribution in [3.05, 3.63) is 63.5 Å². The average molecular weight is 337 g/mol. The number of nitrogens with zero attached hydrogens (tertiary/aromatic N) is 4. The van der Waals surface area contributed by atoms with Gasteiger partial charge in [0.05, 0.1) is 11.4 Å². The van der Waals surface area contributed by atoms with Crippen molar-refractivity contribution in [3.8, 4) is 0 Å². The van der Waals surface area contributed by atoms with Crippen molar-refractivity contribution in [1.82, 2.24) is 24.5 Å². The van der Waals surface area contributed by atoms with Crippen LogP contribution < -0.4 is 5.56 Å². The minimum atomic E-state index is -0.0281. The highest BCUT2D eigenvalue weighted by atomic mass is 16.1. The summed E-state index contributed by atoms with van der Waals surface area (Å²) in [5, 5.41) is 3.02. The summed E-state index contributed by atoms with van der Waals surface area (Å²) in [4.78, 5) is 23.9. The number of aromatic nitrogens is 4. The maximum absolute atomic E-state index is 12.3. The van der Waals surface area contributed by atoms with Crippen LogP contribution in [0.4, 0.5) is 0 Å². The molecule has 25 heavy (non-hydrogen) atoms. The second kappa shape index (κ2) is 6.44. The molecular formula is C19H23N5O. The van der Waals surface area contributed by atoms with Crippen LogP contribution in [0.2, 0.25) is 0 Å². The Bertz CT molecular complexity index is 950. The van der Waals surface area contributed by atoms with Gasteiger partial charge in [-0.05, 0) is 51.4 Å². The van der Waals surface area contributed by atoms with Gasteiger partial charge < -0.3 is 0 Å². The van der Waals surface area contributed by atoms with E-state index in [0.717, 1.165) is 49.6 Å². The number of fused-ring (bicyclic) bond motifs is 1. The van der Waals surface area contributed by atoms with Crippen molar-refractivity contribution in [2.75, 3.05) is 13.1 Å². The van der Waals surface area contributed by atoms with Crippen LogP contribution in [0.3, 0.4) is 0 Å². The standard InChI is InChI=1S/C19H23N5O/c1-13-4-3-7-20-17(13)12-23-8-5-15(6-9-23)16-11-19(25)24-18(21-16)10-14(2)22-24/h3-4,7,10-11,15,22H,5-6,8-9,12H2,1-2H3. The molecule has 1 aliphatic rings. The summed E-state index contributed by atoms with van der Waals surface area (Å²) >= 11 is 0. The number of likely N-dealkylation sites (tertiary alicyclic amines) is 1. The number of H-pyrrole nitrogens is 1. The van der Waals surface area contributed by atoms with Crippen molar-refractivity contribution in [3.63, 3.8) is 0 Å². The molecule has 4 heterocycles. The number of hydrogen-bond acceptors (Lipinski definition) is 4. The van der Waals surface area contributed by atoms with Gasteiger partial charge in [0.2, 0.25) is 0 Å². The second-order valence-electron chi connectivity index (χ2n) is 6.97. The zero-order valence-corrected chi connectivity index (χ0v) is 14.7. The molecule has 1 aliphatic heterocycles. The van der Waals surface area contributed by atoms with Gasteiger partial charge in [0.25, 0.3) is 5.56 Å². The van der Waals surface area contributed by atoms with Crippen LogP contribution in [-0.4, -0.2) is 37.6 Å². The smallest absolute Gasteiger partial charge is 0.272 e. The largest absolute Gasteiger partial charge is 0.297 e. The molecule has 1 N–H and O–H groups in total. The third-order valence-electron chi connectivity index (χ3n) is 5.10. The number of pyridine rings is 1. The van der Waals surface area contributed by atoms with E-state index in [-0.39, 0.29) is 5.56 Å². The Kier molecular flexibility index (Phi) is 4.13. The molecule has 6 heteroatoms. The second-order valence-corrected chi connectivity index (χ2v) is 6.97. The van der Waals surface area contributed by atoms with Gasteiger partial charge in [-0.2, -0.15) is 0 Å². The van der Waals surface area contributed by atoms with E-state index in [2.05, 4.69) is 28.0 Å². The summed E-state index contributed by atoms with van der Waals surface area (Å²) in [5.74, 6) is 0.356. The molecule has 0 aromatic carbocycles. The number of aryl methyl sites for hydroxylation is 2. The lowest BCUT2D eigenvalue weighted by atomic mass is 9.93. The molecule has 0 bridgehead atoms. The van der Waals surface area contributed by atoms with E-state index in [9.17, 15) is 4.79 Å². The Morgan fingerprint density at radius 1 is 1.24 bits per heavy atom. The van der Waals surface area contributed by atoms with Gasteiger partial charge in [-0.1, -0.05) is 6.07 Å². The Hall–Kier alpha value is -2.47. The van der Waals surface area contributed by atoms with Gasteiger partial charge in [-0.3, -0.25) is 19.8 Å². The summed E-state index contributed by atoms with van der Waals surface area (Å²) in [7, 11) is 0. The average Bonchev–Trinajstić information content (AvgIpc) is 2.99. The van der Waals surface area contributed by atoms with Crippen LogP contribution in [0.5, 0.6) is 0 Å². The molecule has 130 valence electrons. The zero-order valence-electron chi connectivity index (χ0n) is 14.7. The monoisotopic (exact) mass is 337 g/mol. The lowest BCUT2D eigenvalue weighted by molar-refractivity contribution is 0.201. The van der Waals surface area contributed by atoms with Crippen LogP contribution >= 0.6 is 0 Å². The first-order chi connectivity index (χ1) is 12.1. The molecule has 4 rings (SSSR count). The molecular weight excluding hydrogens is 314 g/mol. The molecule has 0 radical (unpaired) electrons. The van der Waals surface area contributed by atoms with Crippen molar-refractivity contribution in [2.24, 2.45) is 0 Å². The minimum absolute atomic E-state index is 0.0281. The predicted octanol–water partition coefficient (Wildman–Crippen LogP) is 2.41. The summed E-state index contributed by atoms with van der Waals surface area (Å²) in [5.41, 5.74) is 4.96. The first kappa shape index (κ1) is 16.0. The number of piperidine rings is 1. The molecule has 6 nitrogen and oxygen atoms in total. The molecule has 0 amide bonds. The van der Waals surface area contributed by atoms with E-state index in [1.54, 1.807) is 6.07 Å². The third-order valence-corrected chi connectivity index (χ3v) is 5.10. The van der Waals surface area contributed by atoms with Crippen LogP contribution in [0.1, 0.15) is 41.4 Å². The van der Waals surface area contributed by atoms with Crippen LogP contribution in [-0.2, 0) is 6.54 Å². The Morgan fingerprint density at radius 3 is 2.80 bits per heavy atom. The van der Waals surface area contributed by atoms with E-state index in [1.165, 1.54) is 10.1 Å². The maximum Gasteiger partial charge on any atom is 0.272 e. The summed E-state index contributed by atoms with van der Waals surface area (Å²) in [6.07, 6.45) is 3.91. The molecule has 0 spiro atoms. The molecule has 3 aromatic heterocycles. The van der Waals surface area contributed by atoms with Gasteiger partial charge in [0, 0.05) is 36.5 Å². The van der Waals surface area contributed by atoms with Crippen molar-refractivity contribution in [1.29, 1.82) is 0 Å². The van der Waals surface area contributed by atoms with Crippen molar-refractivity contribution < 1.29 is 0 Å². The number of nitrogens with one attached hydrogen (secondary N) is 1. The van der Waals surface area contributed by atoms with E-state index < -0.39 is 0 Å². The predicted molar refractivity (Wildman–Crippen MR) is 96.8 cm³/mol. The Balaban J connectivity index is 1.47. The lowest BCUT2D eigenvalue weighted by Gasteiger charge is -2.31. The topological polar surface area (TPSA) is 66.3 Å². The fourth-order valence-corrected chi connectivity index (χ4v) is 3.62. The van der Waals surface area contributed by atoms with Crippen LogP contribution in [0.25, 0.3) is 5.65 Å². The highest BCUT2D eigenvalue weighted by molar-refractivity contribution is 5.40. The molecule has 0 atom stereocenters. The van der Waals surface area contributed by atoms with Gasteiger partial charge in [0.1, 0.15) is 0 Å². The van der Waals surface area contributed by atoms with Gasteiger partial charge in [0.15, 0.2) is 5.65 Å². The SMILES string of the molecule is Cc1cc2nc(C3CCN(Cc4ncccc4C)CC3)cc(=O)n2[nH]1. The lowest BCUT2D eigenvalue weighted by Crippen LogP contribution is -2.33. The summed E-state index contributed by atoms with van der Waals surface area (Å²) in [6, 6.07) is 7.70. The van der Waals surface area contributed by atoms with E-state index in [0.29, 0.717) is 11.6 Å². The first-order valence-electron chi connectivity index (χ1n) is 8.82. The van der Waals surface area contributed by atoms with Crippen LogP contribution in [0.15, 0.2) is 35.3 Å².